The minimum Gasteiger partial charge on any atom is -0.390 e. The van der Waals surface area contributed by atoms with Gasteiger partial charge in [0.1, 0.15) is 24.4 Å². The molecule has 0 aliphatic carbocycles. The second kappa shape index (κ2) is 46.6. The van der Waals surface area contributed by atoms with Gasteiger partial charge in [0.25, 0.3) is 11.8 Å². The van der Waals surface area contributed by atoms with Crippen molar-refractivity contribution >= 4 is 29.5 Å². The van der Waals surface area contributed by atoms with Gasteiger partial charge in [0.15, 0.2) is 6.29 Å². The zero-order valence-electron chi connectivity index (χ0n) is 47.3. The van der Waals surface area contributed by atoms with Crippen molar-refractivity contribution in [3.8, 4) is 0 Å². The molecule has 436 valence electrons. The predicted octanol–water partition coefficient (Wildman–Crippen LogP) is 13.0. The molecule has 8 atom stereocenters. The standard InChI is InChI=1S/C59H109N5O10S/c1-3-5-7-9-11-13-15-17-18-19-20-21-22-23-24-25-26-27-29-31-33-35-38-42-52(66)62-48(54(68)49(65)41-37-34-32-30-28-16-14-12-10-8-6-4-2)46-73-59-57(71)56(70)55(69)50(74-59)47-75-51-45-53(67)64(58(51)72)44-40-36-39-43-61-63-60/h45,48-50,54-57,59,65,68-71H,3-44,46-47H2,1-2H3,(H,62,66)/t48-,49+,50+,54-,55-,56-,57+,59-/m0/s1. The van der Waals surface area contributed by atoms with Gasteiger partial charge in [0.2, 0.25) is 5.91 Å². The van der Waals surface area contributed by atoms with Gasteiger partial charge in [0, 0.05) is 36.3 Å². The van der Waals surface area contributed by atoms with E-state index in [0.29, 0.717) is 45.1 Å². The van der Waals surface area contributed by atoms with Crippen molar-refractivity contribution in [2.24, 2.45) is 5.11 Å². The van der Waals surface area contributed by atoms with Crippen LogP contribution in [0.5, 0.6) is 0 Å². The first-order valence-electron chi connectivity index (χ1n) is 30.7. The summed E-state index contributed by atoms with van der Waals surface area (Å²) in [6, 6.07) is -1.06. The second-order valence-electron chi connectivity index (χ2n) is 21.9. The average molecular weight is 1080 g/mol. The van der Waals surface area contributed by atoms with Crippen LogP contribution in [0.3, 0.4) is 0 Å². The van der Waals surface area contributed by atoms with Crippen molar-refractivity contribution in [3.05, 3.63) is 21.4 Å². The number of carbonyl (C=O) groups is 3. The van der Waals surface area contributed by atoms with Gasteiger partial charge >= 0.3 is 0 Å². The number of rotatable bonds is 52. The van der Waals surface area contributed by atoms with E-state index in [1.165, 1.54) is 179 Å². The van der Waals surface area contributed by atoms with E-state index in [9.17, 15) is 39.9 Å². The van der Waals surface area contributed by atoms with E-state index in [1.54, 1.807) is 0 Å². The molecule has 2 aliphatic heterocycles. The van der Waals surface area contributed by atoms with Gasteiger partial charge in [-0.15, -0.1) is 11.8 Å². The highest BCUT2D eigenvalue weighted by Crippen LogP contribution is 2.31. The minimum atomic E-state index is -1.68. The van der Waals surface area contributed by atoms with Crippen LogP contribution in [-0.2, 0) is 23.9 Å². The van der Waals surface area contributed by atoms with Crippen molar-refractivity contribution in [2.45, 2.75) is 320 Å². The van der Waals surface area contributed by atoms with E-state index in [-0.39, 0.29) is 36.1 Å². The van der Waals surface area contributed by atoms with Crippen molar-refractivity contribution in [1.29, 1.82) is 0 Å². The first-order chi connectivity index (χ1) is 36.5. The highest BCUT2D eigenvalue weighted by atomic mass is 32.2. The van der Waals surface area contributed by atoms with Gasteiger partial charge < -0.3 is 40.3 Å². The summed E-state index contributed by atoms with van der Waals surface area (Å²) in [5.41, 5.74) is 8.45. The quantitative estimate of drug-likeness (QED) is 0.0110. The fraction of sp³-hybridized carbons (Fsp3) is 0.915. The number of unbranched alkanes of at least 4 members (excludes halogenated alkanes) is 35. The van der Waals surface area contributed by atoms with Gasteiger partial charge in [-0.2, -0.15) is 0 Å². The van der Waals surface area contributed by atoms with Crippen molar-refractivity contribution in [2.75, 3.05) is 25.4 Å². The summed E-state index contributed by atoms with van der Waals surface area (Å²) in [5, 5.41) is 61.6. The summed E-state index contributed by atoms with van der Waals surface area (Å²) in [7, 11) is 0. The fourth-order valence-corrected chi connectivity index (χ4v) is 11.3. The molecule has 1 saturated heterocycles. The monoisotopic (exact) mass is 1080 g/mol. The zero-order chi connectivity index (χ0) is 54.6. The van der Waals surface area contributed by atoms with E-state index in [4.69, 9.17) is 15.0 Å². The molecule has 15 nitrogen and oxygen atoms in total. The molecule has 2 aliphatic rings. The number of imide groups is 1. The number of nitrogens with zero attached hydrogens (tertiary/aromatic N) is 4. The number of azide groups is 1. The van der Waals surface area contributed by atoms with Crippen LogP contribution >= 0.6 is 11.8 Å². The van der Waals surface area contributed by atoms with Crippen molar-refractivity contribution < 1.29 is 49.4 Å². The molecule has 1 fully saturated rings. The van der Waals surface area contributed by atoms with E-state index < -0.39 is 60.8 Å². The van der Waals surface area contributed by atoms with Crippen LogP contribution in [0.15, 0.2) is 16.1 Å². The molecular formula is C59H109N5O10S. The van der Waals surface area contributed by atoms with Crippen LogP contribution in [0.2, 0.25) is 0 Å². The van der Waals surface area contributed by atoms with Crippen LogP contribution in [0.25, 0.3) is 10.4 Å². The minimum absolute atomic E-state index is 0.0597. The second-order valence-corrected chi connectivity index (χ2v) is 23.0. The Kier molecular flexibility index (Phi) is 42.8. The molecule has 75 heavy (non-hydrogen) atoms. The maximum absolute atomic E-state index is 13.3. The van der Waals surface area contributed by atoms with E-state index in [1.807, 2.05) is 0 Å². The van der Waals surface area contributed by atoms with Gasteiger partial charge in [-0.05, 0) is 31.2 Å². The number of aliphatic hydroxyl groups excluding tert-OH is 5. The molecule has 2 rings (SSSR count). The molecule has 0 aromatic rings. The Balaban J connectivity index is 1.78. The Morgan fingerprint density at radius 3 is 1.56 bits per heavy atom. The number of thioether (sulfide) groups is 1. The Morgan fingerprint density at radius 2 is 1.09 bits per heavy atom. The topological polar surface area (TPSA) is 235 Å². The zero-order valence-corrected chi connectivity index (χ0v) is 48.1. The molecule has 0 spiro atoms. The molecule has 3 amide bonds. The summed E-state index contributed by atoms with van der Waals surface area (Å²) < 4.78 is 11.9. The molecule has 6 N–H and O–H groups in total. The Labute approximate surface area is 458 Å². The third-order valence-electron chi connectivity index (χ3n) is 15.2. The van der Waals surface area contributed by atoms with E-state index in [0.717, 1.165) is 55.2 Å². The van der Waals surface area contributed by atoms with Crippen molar-refractivity contribution in [3.63, 3.8) is 0 Å². The summed E-state index contributed by atoms with van der Waals surface area (Å²) in [6.45, 7) is 4.69. The predicted molar refractivity (Wildman–Crippen MR) is 304 cm³/mol. The number of nitrogens with one attached hydrogen (secondary N) is 1. The van der Waals surface area contributed by atoms with Crippen LogP contribution in [0.4, 0.5) is 0 Å². The molecule has 0 unspecified atom stereocenters. The molecule has 16 heteroatoms. The lowest BCUT2D eigenvalue weighted by molar-refractivity contribution is -0.294. The molecule has 0 aromatic heterocycles. The molecule has 0 bridgehead atoms. The van der Waals surface area contributed by atoms with Gasteiger partial charge in [0.05, 0.1) is 29.8 Å². The SMILES string of the molecule is CCCCCCCCCCCCCCCCCCCCCCCCCC(=O)N[C@@H](CO[C@H]1O[C@H](CSC2=CC(=O)N(CCCCCN=[N+]=[N-])C2=O)[C@H](O)[C@H](O)[C@H]1O)[C@H](O)[C@H](O)CCCCCCCCCCCCCC. The first kappa shape index (κ1) is 68.8. The normalized spacial score (nSPS) is 20.1. The molecule has 0 saturated carbocycles. The van der Waals surface area contributed by atoms with Gasteiger partial charge in [-0.1, -0.05) is 244 Å². The summed E-state index contributed by atoms with van der Waals surface area (Å²) in [6.07, 6.45) is 37.3. The Bertz CT molecular complexity index is 1520. The largest absolute Gasteiger partial charge is 0.390 e. The number of aliphatic hydroxyl groups is 5. The van der Waals surface area contributed by atoms with Gasteiger partial charge in [-0.3, -0.25) is 19.3 Å². The Hall–Kier alpha value is -2.27. The van der Waals surface area contributed by atoms with E-state index >= 15 is 0 Å². The summed E-state index contributed by atoms with van der Waals surface area (Å²) >= 11 is 0.980. The first-order valence-corrected chi connectivity index (χ1v) is 31.7. The summed E-state index contributed by atoms with van der Waals surface area (Å²) in [4.78, 5) is 43.1. The lowest BCUT2D eigenvalue weighted by Gasteiger charge is -2.41. The van der Waals surface area contributed by atoms with Crippen LogP contribution in [0, 0.1) is 0 Å². The average Bonchev–Trinajstić information content (AvgIpc) is 3.68. The van der Waals surface area contributed by atoms with Crippen molar-refractivity contribution in [1.82, 2.24) is 10.2 Å². The highest BCUT2D eigenvalue weighted by Gasteiger charge is 2.45. The number of ether oxygens (including phenoxy) is 2. The van der Waals surface area contributed by atoms with Gasteiger partial charge in [-0.25, -0.2) is 0 Å². The number of amides is 3. The number of hydrogen-bond acceptors (Lipinski definition) is 12. The van der Waals surface area contributed by atoms with Crippen LogP contribution in [-0.4, -0.2) is 123 Å². The van der Waals surface area contributed by atoms with E-state index in [2.05, 4.69) is 29.2 Å². The lowest BCUT2D eigenvalue weighted by Crippen LogP contribution is -2.60. The molecule has 0 aromatic carbocycles. The maximum Gasteiger partial charge on any atom is 0.267 e. The van der Waals surface area contributed by atoms with Crippen LogP contribution in [0.1, 0.15) is 271 Å². The number of carbonyl (C=O) groups excluding carboxylic acids is 3. The highest BCUT2D eigenvalue weighted by molar-refractivity contribution is 8.04. The lowest BCUT2D eigenvalue weighted by atomic mass is 9.98. The smallest absolute Gasteiger partial charge is 0.267 e. The Morgan fingerprint density at radius 1 is 0.653 bits per heavy atom. The fourth-order valence-electron chi connectivity index (χ4n) is 10.2. The number of hydrogen-bond donors (Lipinski definition) is 6. The molecule has 0 radical (unpaired) electrons. The third-order valence-corrected chi connectivity index (χ3v) is 16.3. The third kappa shape index (κ3) is 33.0. The molecular weight excluding hydrogens is 971 g/mol. The summed E-state index contributed by atoms with van der Waals surface area (Å²) in [5.74, 6) is -1.29. The van der Waals surface area contributed by atoms with Crippen LogP contribution < -0.4 is 5.32 Å². The molecule has 2 heterocycles. The maximum atomic E-state index is 13.3.